The molecule has 1 N–H and O–H groups in total. The van der Waals surface area contributed by atoms with Crippen molar-refractivity contribution < 1.29 is 26.3 Å². The monoisotopic (exact) mass is 521 g/mol. The number of halogens is 6. The molecule has 4 rings (SSSR count). The molecule has 0 saturated carbocycles. The molecule has 3 aromatic rings. The molecule has 1 saturated heterocycles. The van der Waals surface area contributed by atoms with Gasteiger partial charge in [0, 0.05) is 51.9 Å². The Kier molecular flexibility index (Phi) is 8.56. The van der Waals surface area contributed by atoms with Crippen molar-refractivity contribution in [3.63, 3.8) is 0 Å². The average molecular weight is 522 g/mol. The van der Waals surface area contributed by atoms with Crippen LogP contribution in [0.1, 0.15) is 33.9 Å². The summed E-state index contributed by atoms with van der Waals surface area (Å²) in [4.78, 5) is 4.69. The SMILES string of the molecule is FC(F)(F)c1cc(CNCC(c2ccccc2)N2CCN(Cc3ccccc3)CC2)cc(C(F)(F)F)c1. The summed E-state index contributed by atoms with van der Waals surface area (Å²) < 4.78 is 79.3. The van der Waals surface area contributed by atoms with Crippen LogP contribution in [0.5, 0.6) is 0 Å². The largest absolute Gasteiger partial charge is 0.416 e. The third-order valence-electron chi connectivity index (χ3n) is 6.60. The van der Waals surface area contributed by atoms with Crippen molar-refractivity contribution in [3.8, 4) is 0 Å². The van der Waals surface area contributed by atoms with E-state index in [0.717, 1.165) is 50.4 Å². The first-order valence-electron chi connectivity index (χ1n) is 12.1. The maximum atomic E-state index is 13.2. The number of nitrogens with zero attached hydrogens (tertiary/aromatic N) is 2. The molecule has 1 heterocycles. The molecule has 9 heteroatoms. The molecular weight excluding hydrogens is 492 g/mol. The molecule has 1 fully saturated rings. The number of benzene rings is 3. The lowest BCUT2D eigenvalue weighted by atomic mass is 10.0. The molecule has 0 aromatic heterocycles. The molecule has 0 bridgehead atoms. The van der Waals surface area contributed by atoms with E-state index < -0.39 is 23.5 Å². The van der Waals surface area contributed by atoms with Gasteiger partial charge < -0.3 is 5.32 Å². The highest BCUT2D eigenvalue weighted by Gasteiger charge is 2.37. The molecule has 198 valence electrons. The van der Waals surface area contributed by atoms with E-state index in [1.54, 1.807) is 0 Å². The molecule has 0 aliphatic carbocycles. The summed E-state index contributed by atoms with van der Waals surface area (Å²) in [6, 6.07) is 21.6. The Balaban J connectivity index is 1.43. The summed E-state index contributed by atoms with van der Waals surface area (Å²) >= 11 is 0. The van der Waals surface area contributed by atoms with Gasteiger partial charge in [-0.25, -0.2) is 0 Å². The summed E-state index contributed by atoms with van der Waals surface area (Å²) in [7, 11) is 0. The Morgan fingerprint density at radius 1 is 0.676 bits per heavy atom. The molecule has 1 aliphatic heterocycles. The third kappa shape index (κ3) is 7.56. The second-order valence-electron chi connectivity index (χ2n) is 9.27. The summed E-state index contributed by atoms with van der Waals surface area (Å²) in [5.41, 5.74) is -0.355. The molecule has 0 amide bonds. The smallest absolute Gasteiger partial charge is 0.311 e. The molecule has 1 unspecified atom stereocenters. The van der Waals surface area contributed by atoms with Gasteiger partial charge in [-0.3, -0.25) is 9.80 Å². The van der Waals surface area contributed by atoms with Gasteiger partial charge in [-0.15, -0.1) is 0 Å². The summed E-state index contributed by atoms with van der Waals surface area (Å²) in [5, 5.41) is 3.12. The predicted octanol–water partition coefficient (Wildman–Crippen LogP) is 6.37. The lowest BCUT2D eigenvalue weighted by Crippen LogP contribution is -2.49. The number of alkyl halides is 6. The number of nitrogens with one attached hydrogen (secondary N) is 1. The highest BCUT2D eigenvalue weighted by atomic mass is 19.4. The Morgan fingerprint density at radius 2 is 1.22 bits per heavy atom. The quantitative estimate of drug-likeness (QED) is 0.348. The van der Waals surface area contributed by atoms with Gasteiger partial charge in [0.05, 0.1) is 11.1 Å². The minimum Gasteiger partial charge on any atom is -0.311 e. The van der Waals surface area contributed by atoms with Crippen LogP contribution in [0.4, 0.5) is 26.3 Å². The van der Waals surface area contributed by atoms with Crippen LogP contribution in [-0.2, 0) is 25.4 Å². The van der Waals surface area contributed by atoms with Crippen LogP contribution in [0.2, 0.25) is 0 Å². The number of hydrogen-bond acceptors (Lipinski definition) is 3. The molecule has 37 heavy (non-hydrogen) atoms. The number of rotatable bonds is 8. The molecule has 3 aromatic carbocycles. The fourth-order valence-corrected chi connectivity index (χ4v) is 4.68. The molecule has 0 spiro atoms. The van der Waals surface area contributed by atoms with Gasteiger partial charge in [0.25, 0.3) is 0 Å². The van der Waals surface area contributed by atoms with Crippen molar-refractivity contribution in [2.45, 2.75) is 31.5 Å². The topological polar surface area (TPSA) is 18.5 Å². The van der Waals surface area contributed by atoms with Gasteiger partial charge in [-0.1, -0.05) is 60.7 Å². The fourth-order valence-electron chi connectivity index (χ4n) is 4.68. The summed E-state index contributed by atoms with van der Waals surface area (Å²) in [6.07, 6.45) is -9.72. The zero-order chi connectivity index (χ0) is 26.5. The normalized spacial score (nSPS) is 16.6. The molecule has 0 radical (unpaired) electrons. The maximum absolute atomic E-state index is 13.2. The maximum Gasteiger partial charge on any atom is 0.416 e. The minimum absolute atomic E-state index is 0.0540. The van der Waals surface area contributed by atoms with E-state index in [-0.39, 0.29) is 24.2 Å². The number of hydrogen-bond donors (Lipinski definition) is 1. The van der Waals surface area contributed by atoms with Crippen molar-refractivity contribution in [2.24, 2.45) is 0 Å². The Morgan fingerprint density at radius 3 is 1.76 bits per heavy atom. The van der Waals surface area contributed by atoms with Gasteiger partial charge in [0.15, 0.2) is 0 Å². The zero-order valence-electron chi connectivity index (χ0n) is 20.2. The second-order valence-corrected chi connectivity index (χ2v) is 9.27. The van der Waals surface area contributed by atoms with Crippen LogP contribution in [0, 0.1) is 0 Å². The van der Waals surface area contributed by atoms with Crippen LogP contribution in [-0.4, -0.2) is 42.5 Å². The van der Waals surface area contributed by atoms with Crippen LogP contribution in [0.15, 0.2) is 78.9 Å². The average Bonchev–Trinajstić information content (AvgIpc) is 2.87. The standard InChI is InChI=1S/C28H29F6N3/c29-27(30,31)24-15-22(16-25(17-24)28(32,33)34)18-35-19-26(23-9-5-2-6-10-23)37-13-11-36(12-14-37)20-21-7-3-1-4-8-21/h1-10,15-17,26,35H,11-14,18-20H2. The first kappa shape index (κ1) is 27.2. The van der Waals surface area contributed by atoms with Crippen molar-refractivity contribution >= 4 is 0 Å². The van der Waals surface area contributed by atoms with Gasteiger partial charge in [0.1, 0.15) is 0 Å². The van der Waals surface area contributed by atoms with E-state index in [0.29, 0.717) is 6.54 Å². The Bertz CT molecular complexity index is 1090. The van der Waals surface area contributed by atoms with E-state index in [4.69, 9.17) is 0 Å². The molecule has 1 atom stereocenters. The van der Waals surface area contributed by atoms with Crippen LogP contribution >= 0.6 is 0 Å². The van der Waals surface area contributed by atoms with Crippen LogP contribution < -0.4 is 5.32 Å². The summed E-state index contributed by atoms with van der Waals surface area (Å²) in [5.74, 6) is 0. The van der Waals surface area contributed by atoms with Gasteiger partial charge >= 0.3 is 12.4 Å². The fraction of sp³-hybridized carbons (Fsp3) is 0.357. The molecular formula is C28H29F6N3. The van der Waals surface area contributed by atoms with Crippen LogP contribution in [0.3, 0.4) is 0 Å². The number of piperazine rings is 1. The highest BCUT2D eigenvalue weighted by Crippen LogP contribution is 2.36. The predicted molar refractivity (Wildman–Crippen MR) is 131 cm³/mol. The van der Waals surface area contributed by atoms with Crippen molar-refractivity contribution in [2.75, 3.05) is 32.7 Å². The van der Waals surface area contributed by atoms with E-state index in [1.165, 1.54) is 5.56 Å². The van der Waals surface area contributed by atoms with E-state index in [1.807, 2.05) is 48.5 Å². The van der Waals surface area contributed by atoms with Crippen molar-refractivity contribution in [3.05, 3.63) is 107 Å². The van der Waals surface area contributed by atoms with E-state index in [9.17, 15) is 26.3 Å². The second kappa shape index (κ2) is 11.7. The Labute approximate surface area is 212 Å². The lowest BCUT2D eigenvalue weighted by molar-refractivity contribution is -0.143. The summed E-state index contributed by atoms with van der Waals surface area (Å²) in [6.45, 7) is 4.47. The van der Waals surface area contributed by atoms with Crippen LogP contribution in [0.25, 0.3) is 0 Å². The van der Waals surface area contributed by atoms with Gasteiger partial charge in [-0.05, 0) is 34.9 Å². The zero-order valence-corrected chi connectivity index (χ0v) is 20.2. The van der Waals surface area contributed by atoms with Gasteiger partial charge in [-0.2, -0.15) is 26.3 Å². The first-order valence-corrected chi connectivity index (χ1v) is 12.1. The minimum atomic E-state index is -4.86. The van der Waals surface area contributed by atoms with E-state index >= 15 is 0 Å². The van der Waals surface area contributed by atoms with E-state index in [2.05, 4.69) is 27.2 Å². The van der Waals surface area contributed by atoms with Gasteiger partial charge in [0.2, 0.25) is 0 Å². The lowest BCUT2D eigenvalue weighted by Gasteiger charge is -2.39. The first-order chi connectivity index (χ1) is 17.6. The third-order valence-corrected chi connectivity index (χ3v) is 6.60. The van der Waals surface area contributed by atoms with Crippen molar-refractivity contribution in [1.29, 1.82) is 0 Å². The Hall–Kier alpha value is -2.88. The van der Waals surface area contributed by atoms with Crippen molar-refractivity contribution in [1.82, 2.24) is 15.1 Å². The molecule has 1 aliphatic rings. The highest BCUT2D eigenvalue weighted by molar-refractivity contribution is 5.33. The molecule has 3 nitrogen and oxygen atoms in total.